The van der Waals surface area contributed by atoms with Gasteiger partial charge >= 0.3 is 6.18 Å². The number of hydrogen-bond acceptors (Lipinski definition) is 8. The monoisotopic (exact) mass is 532 g/mol. The first-order valence-electron chi connectivity index (χ1n) is 12.4. The number of aromatic amines is 1. The molecule has 0 aliphatic carbocycles. The third kappa shape index (κ3) is 5.39. The largest absolute Gasteiger partial charge is 0.416 e. The van der Waals surface area contributed by atoms with Gasteiger partial charge in [0.1, 0.15) is 12.0 Å². The van der Waals surface area contributed by atoms with E-state index >= 15 is 0 Å². The van der Waals surface area contributed by atoms with E-state index in [1.807, 2.05) is 0 Å². The lowest BCUT2D eigenvalue weighted by atomic mass is 9.98. The zero-order chi connectivity index (χ0) is 27.0. The van der Waals surface area contributed by atoms with Crippen molar-refractivity contribution in [3.05, 3.63) is 65.5 Å². The number of aromatic nitrogens is 6. The Balaban J connectivity index is 1.28. The summed E-state index contributed by atoms with van der Waals surface area (Å²) in [6.07, 6.45) is 2.19. The molecule has 5 aromatic rings. The Morgan fingerprint density at radius 2 is 1.92 bits per heavy atom. The molecule has 2 N–H and O–H groups in total. The maximum atomic E-state index is 13.7. The number of nitrogens with one attached hydrogen (secondary N) is 2. The first kappa shape index (κ1) is 24.8. The Morgan fingerprint density at radius 1 is 1.08 bits per heavy atom. The lowest BCUT2D eigenvalue weighted by Gasteiger charge is -2.30. The van der Waals surface area contributed by atoms with Gasteiger partial charge in [0.25, 0.3) is 0 Å². The summed E-state index contributed by atoms with van der Waals surface area (Å²) in [4.78, 5) is 14.9. The Kier molecular flexibility index (Phi) is 6.36. The summed E-state index contributed by atoms with van der Waals surface area (Å²) in [6, 6.07) is 5.75. The van der Waals surface area contributed by atoms with Gasteiger partial charge in [-0.1, -0.05) is 12.1 Å². The van der Waals surface area contributed by atoms with Crippen LogP contribution in [0.2, 0.25) is 0 Å². The van der Waals surface area contributed by atoms with E-state index in [1.165, 1.54) is 12.4 Å². The van der Waals surface area contributed by atoms with Crippen LogP contribution in [0.4, 0.5) is 24.7 Å². The van der Waals surface area contributed by atoms with Crippen LogP contribution in [0.15, 0.2) is 47.5 Å². The molecule has 1 saturated heterocycles. The standard InChI is InChI=1S/C27H23F3N8O/c1-16-4-6-38(7-5-16)14-17-8-19(27(28,29)30)11-21(9-17)35-26-24-25(39-37-26)22(32-15-33-24)3-2-20-10-18-12-34-36-23(18)13-31-20/h8-13,15-16H,4-7,14H2,1H3,(H,34,36)(H,35,37). The van der Waals surface area contributed by atoms with Gasteiger partial charge in [-0.2, -0.15) is 18.3 Å². The van der Waals surface area contributed by atoms with E-state index in [9.17, 15) is 13.2 Å². The molecular formula is C27H23F3N8O. The van der Waals surface area contributed by atoms with Crippen molar-refractivity contribution >= 4 is 33.5 Å². The minimum atomic E-state index is -4.49. The van der Waals surface area contributed by atoms with E-state index in [-0.39, 0.29) is 22.8 Å². The van der Waals surface area contributed by atoms with Gasteiger partial charge in [-0.05, 0) is 73.5 Å². The number of fused-ring (bicyclic) bond motifs is 2. The number of pyridine rings is 1. The number of benzene rings is 1. The normalized spacial score (nSPS) is 15.0. The van der Waals surface area contributed by atoms with E-state index in [1.54, 1.807) is 24.5 Å². The highest BCUT2D eigenvalue weighted by atomic mass is 19.4. The fourth-order valence-electron chi connectivity index (χ4n) is 4.60. The molecule has 198 valence electrons. The van der Waals surface area contributed by atoms with Gasteiger partial charge in [0.2, 0.25) is 11.4 Å². The molecule has 1 fully saturated rings. The van der Waals surface area contributed by atoms with Gasteiger partial charge in [-0.3, -0.25) is 10.00 Å². The van der Waals surface area contributed by atoms with Crippen LogP contribution in [0.5, 0.6) is 0 Å². The van der Waals surface area contributed by atoms with Crippen LogP contribution in [0.1, 0.15) is 42.3 Å². The fraction of sp³-hybridized carbons (Fsp3) is 0.296. The third-order valence-electron chi connectivity index (χ3n) is 6.76. The Hall–Kier alpha value is -4.50. The average Bonchev–Trinajstić information content (AvgIpc) is 3.55. The SMILES string of the molecule is CC1CCN(Cc2cc(Nc3noc4c(C#Cc5cc6cn[nH]c6cn5)ncnc34)cc(C(F)(F)F)c2)CC1. The lowest BCUT2D eigenvalue weighted by molar-refractivity contribution is -0.137. The molecule has 6 rings (SSSR count). The van der Waals surface area contributed by atoms with E-state index in [0.29, 0.717) is 29.2 Å². The molecule has 0 bridgehead atoms. The van der Waals surface area contributed by atoms with E-state index < -0.39 is 11.7 Å². The van der Waals surface area contributed by atoms with Crippen LogP contribution in [0.3, 0.4) is 0 Å². The highest BCUT2D eigenvalue weighted by Crippen LogP contribution is 2.34. The third-order valence-corrected chi connectivity index (χ3v) is 6.76. The maximum absolute atomic E-state index is 13.7. The minimum Gasteiger partial charge on any atom is -0.349 e. The van der Waals surface area contributed by atoms with Crippen molar-refractivity contribution < 1.29 is 17.7 Å². The summed E-state index contributed by atoms with van der Waals surface area (Å²) in [5.74, 6) is 6.66. The summed E-state index contributed by atoms with van der Waals surface area (Å²) in [6.45, 7) is 4.36. The van der Waals surface area contributed by atoms with E-state index in [2.05, 4.69) is 59.3 Å². The number of rotatable bonds is 4. The highest BCUT2D eigenvalue weighted by Gasteiger charge is 2.31. The molecule has 0 spiro atoms. The highest BCUT2D eigenvalue weighted by molar-refractivity contribution is 5.89. The number of anilines is 2. The molecule has 1 aliphatic heterocycles. The minimum absolute atomic E-state index is 0.172. The van der Waals surface area contributed by atoms with Crippen molar-refractivity contribution in [2.24, 2.45) is 5.92 Å². The van der Waals surface area contributed by atoms with Crippen LogP contribution in [-0.4, -0.2) is 48.3 Å². The number of alkyl halides is 3. The molecule has 9 nitrogen and oxygen atoms in total. The quantitative estimate of drug-likeness (QED) is 0.301. The van der Waals surface area contributed by atoms with Crippen molar-refractivity contribution in [2.45, 2.75) is 32.5 Å². The summed E-state index contributed by atoms with van der Waals surface area (Å²) < 4.78 is 46.7. The second-order valence-corrected chi connectivity index (χ2v) is 9.71. The van der Waals surface area contributed by atoms with E-state index in [4.69, 9.17) is 4.52 Å². The summed E-state index contributed by atoms with van der Waals surface area (Å²) in [5, 5.41) is 14.6. The van der Waals surface area contributed by atoms with Crippen LogP contribution in [0.25, 0.3) is 22.0 Å². The van der Waals surface area contributed by atoms with Crippen molar-refractivity contribution in [1.29, 1.82) is 0 Å². The second kappa shape index (κ2) is 9.99. The van der Waals surface area contributed by atoms with Crippen LogP contribution >= 0.6 is 0 Å². The number of likely N-dealkylation sites (tertiary alicyclic amines) is 1. The molecule has 0 saturated carbocycles. The van der Waals surface area contributed by atoms with Crippen molar-refractivity contribution in [2.75, 3.05) is 18.4 Å². The number of hydrogen-bond donors (Lipinski definition) is 2. The molecule has 1 aliphatic rings. The lowest BCUT2D eigenvalue weighted by Crippen LogP contribution is -2.32. The zero-order valence-corrected chi connectivity index (χ0v) is 20.9. The van der Waals surface area contributed by atoms with Crippen molar-refractivity contribution in [3.8, 4) is 11.8 Å². The van der Waals surface area contributed by atoms with Gasteiger partial charge in [0, 0.05) is 17.6 Å². The molecule has 1 aromatic carbocycles. The van der Waals surface area contributed by atoms with Gasteiger partial charge < -0.3 is 9.84 Å². The first-order chi connectivity index (χ1) is 18.8. The molecule has 5 heterocycles. The van der Waals surface area contributed by atoms with Crippen LogP contribution < -0.4 is 5.32 Å². The fourth-order valence-corrected chi connectivity index (χ4v) is 4.60. The molecule has 12 heteroatoms. The molecule has 0 unspecified atom stereocenters. The van der Waals surface area contributed by atoms with E-state index in [0.717, 1.165) is 42.9 Å². The van der Waals surface area contributed by atoms with Crippen molar-refractivity contribution in [3.63, 3.8) is 0 Å². The smallest absolute Gasteiger partial charge is 0.349 e. The molecule has 0 radical (unpaired) electrons. The topological polar surface area (TPSA) is 109 Å². The first-order valence-corrected chi connectivity index (χ1v) is 12.4. The average molecular weight is 533 g/mol. The molecule has 4 aromatic heterocycles. The Labute approximate surface area is 220 Å². The summed E-state index contributed by atoms with van der Waals surface area (Å²) in [7, 11) is 0. The molecule has 0 amide bonds. The van der Waals surface area contributed by atoms with Gasteiger partial charge in [0.05, 0.1) is 23.5 Å². The number of H-pyrrole nitrogens is 1. The van der Waals surface area contributed by atoms with Crippen LogP contribution in [0, 0.1) is 17.8 Å². The van der Waals surface area contributed by atoms with Crippen LogP contribution in [-0.2, 0) is 12.7 Å². The maximum Gasteiger partial charge on any atom is 0.416 e. The van der Waals surface area contributed by atoms with Gasteiger partial charge in [-0.25, -0.2) is 15.0 Å². The van der Waals surface area contributed by atoms with Crippen molar-refractivity contribution in [1.82, 2.24) is 35.2 Å². The Morgan fingerprint density at radius 3 is 2.74 bits per heavy atom. The van der Waals surface area contributed by atoms with Gasteiger partial charge in [-0.15, -0.1) is 0 Å². The molecule has 0 atom stereocenters. The number of halogens is 3. The zero-order valence-electron chi connectivity index (χ0n) is 20.9. The number of nitrogens with zero attached hydrogens (tertiary/aromatic N) is 6. The predicted molar refractivity (Wildman–Crippen MR) is 138 cm³/mol. The van der Waals surface area contributed by atoms with Gasteiger partial charge in [0.15, 0.2) is 11.2 Å². The molecule has 39 heavy (non-hydrogen) atoms. The second-order valence-electron chi connectivity index (χ2n) is 9.71. The number of piperidine rings is 1. The summed E-state index contributed by atoms with van der Waals surface area (Å²) in [5.41, 5.74) is 2.17. The molecular weight excluding hydrogens is 509 g/mol. The Bertz CT molecular complexity index is 1710. The predicted octanol–water partition coefficient (Wildman–Crippen LogP) is 5.28. The summed E-state index contributed by atoms with van der Waals surface area (Å²) >= 11 is 0.